The van der Waals surface area contributed by atoms with Crippen molar-refractivity contribution in [1.29, 1.82) is 0 Å². The van der Waals surface area contributed by atoms with Gasteiger partial charge in [0.1, 0.15) is 6.42 Å². The first-order valence-electron chi connectivity index (χ1n) is 9.78. The van der Waals surface area contributed by atoms with Gasteiger partial charge in [0.2, 0.25) is 11.8 Å². The van der Waals surface area contributed by atoms with Crippen LogP contribution in [0.4, 0.5) is 17.1 Å². The number of benzene rings is 2. The van der Waals surface area contributed by atoms with E-state index in [1.165, 1.54) is 0 Å². The quantitative estimate of drug-likeness (QED) is 0.678. The lowest BCUT2D eigenvalue weighted by atomic mass is 9.86. The first-order valence-corrected chi connectivity index (χ1v) is 9.78. The van der Waals surface area contributed by atoms with Crippen LogP contribution in [0, 0.1) is 0 Å². The molecule has 0 bridgehead atoms. The van der Waals surface area contributed by atoms with Gasteiger partial charge in [0.25, 0.3) is 0 Å². The highest BCUT2D eigenvalue weighted by molar-refractivity contribution is 6.08. The molecule has 0 aliphatic carbocycles. The van der Waals surface area contributed by atoms with E-state index < -0.39 is 0 Å². The van der Waals surface area contributed by atoms with Gasteiger partial charge in [-0.15, -0.1) is 0 Å². The van der Waals surface area contributed by atoms with Gasteiger partial charge in [-0.3, -0.25) is 9.59 Å². The lowest BCUT2D eigenvalue weighted by molar-refractivity contribution is -0.123. The molecule has 0 unspecified atom stereocenters. The second kappa shape index (κ2) is 9.40. The van der Waals surface area contributed by atoms with Crippen molar-refractivity contribution < 1.29 is 9.59 Å². The fourth-order valence-electron chi connectivity index (χ4n) is 3.14. The third-order valence-corrected chi connectivity index (χ3v) is 4.61. The minimum Gasteiger partial charge on any atom is -0.372 e. The zero-order valence-corrected chi connectivity index (χ0v) is 17.5. The summed E-state index contributed by atoms with van der Waals surface area (Å²) in [4.78, 5) is 26.8. The monoisotopic (exact) mass is 381 g/mol. The van der Waals surface area contributed by atoms with E-state index in [-0.39, 0.29) is 23.7 Å². The van der Waals surface area contributed by atoms with E-state index in [0.717, 1.165) is 30.0 Å². The van der Waals surface area contributed by atoms with E-state index in [1.807, 2.05) is 48.5 Å². The van der Waals surface area contributed by atoms with Crippen molar-refractivity contribution in [2.45, 2.75) is 46.5 Å². The van der Waals surface area contributed by atoms with Gasteiger partial charge in [-0.05, 0) is 55.2 Å². The van der Waals surface area contributed by atoms with Crippen molar-refractivity contribution in [1.82, 2.24) is 0 Å². The van der Waals surface area contributed by atoms with Crippen LogP contribution < -0.4 is 15.5 Å². The van der Waals surface area contributed by atoms with Crippen LogP contribution in [0.5, 0.6) is 0 Å². The number of nitrogens with zero attached hydrogens (tertiary/aromatic N) is 1. The number of amides is 2. The Morgan fingerprint density at radius 3 is 2.00 bits per heavy atom. The van der Waals surface area contributed by atoms with Crippen molar-refractivity contribution in [3.63, 3.8) is 0 Å². The van der Waals surface area contributed by atoms with Crippen LogP contribution in [-0.4, -0.2) is 24.9 Å². The third-order valence-electron chi connectivity index (χ3n) is 4.61. The molecule has 0 aliphatic rings. The van der Waals surface area contributed by atoms with Crippen LogP contribution in [0.25, 0.3) is 0 Å². The highest BCUT2D eigenvalue weighted by Crippen LogP contribution is 2.29. The molecule has 2 amide bonds. The largest absolute Gasteiger partial charge is 0.372 e. The molecule has 0 saturated heterocycles. The zero-order valence-electron chi connectivity index (χ0n) is 17.5. The minimum atomic E-state index is -0.332. The molecule has 5 nitrogen and oxygen atoms in total. The molecule has 2 N–H and O–H groups in total. The van der Waals surface area contributed by atoms with Crippen molar-refractivity contribution in [3.8, 4) is 0 Å². The lowest BCUT2D eigenvalue weighted by Crippen LogP contribution is -2.23. The molecule has 2 rings (SSSR count). The highest BCUT2D eigenvalue weighted by atomic mass is 16.2. The molecule has 5 heteroatoms. The van der Waals surface area contributed by atoms with Gasteiger partial charge in [0, 0.05) is 30.2 Å². The second-order valence-electron chi connectivity index (χ2n) is 7.79. The minimum absolute atomic E-state index is 0.0985. The summed E-state index contributed by atoms with van der Waals surface area (Å²) in [6, 6.07) is 15.4. The number of nitrogens with one attached hydrogen (secondary N) is 2. The molecular formula is C23H31N3O2. The zero-order chi connectivity index (χ0) is 20.7. The van der Waals surface area contributed by atoms with Crippen LogP contribution in [0.3, 0.4) is 0 Å². The normalized spacial score (nSPS) is 11.0. The molecule has 0 aliphatic heterocycles. The van der Waals surface area contributed by atoms with Crippen molar-refractivity contribution >= 4 is 28.9 Å². The lowest BCUT2D eigenvalue weighted by Gasteiger charge is -2.23. The SMILES string of the molecule is CCN(CC)c1ccc(NC(=O)CC(=O)Nc2ccccc2C(C)(C)C)cc1. The number of anilines is 3. The number of para-hydroxylation sites is 1. The predicted octanol–water partition coefficient (Wildman–Crippen LogP) is 4.80. The van der Waals surface area contributed by atoms with Crippen molar-refractivity contribution in [2.75, 3.05) is 28.6 Å². The Bertz CT molecular complexity index is 803. The predicted molar refractivity (Wildman–Crippen MR) is 117 cm³/mol. The maximum atomic E-state index is 12.3. The van der Waals surface area contributed by atoms with Gasteiger partial charge >= 0.3 is 0 Å². The van der Waals surface area contributed by atoms with Crippen molar-refractivity contribution in [3.05, 3.63) is 54.1 Å². The first-order chi connectivity index (χ1) is 13.2. The molecule has 0 spiro atoms. The van der Waals surface area contributed by atoms with E-state index in [2.05, 4.69) is 50.2 Å². The maximum absolute atomic E-state index is 12.3. The van der Waals surface area contributed by atoms with E-state index in [9.17, 15) is 9.59 Å². The molecule has 0 heterocycles. The molecule has 0 atom stereocenters. The summed E-state index contributed by atoms with van der Waals surface area (Å²) in [5.41, 5.74) is 3.48. The standard InChI is InChI=1S/C23H31N3O2/c1-6-26(7-2)18-14-12-17(13-15-18)24-21(27)16-22(28)25-20-11-9-8-10-19(20)23(3,4)5/h8-15H,6-7,16H2,1-5H3,(H,24,27)(H,25,28). The molecule has 0 saturated carbocycles. The van der Waals surface area contributed by atoms with Gasteiger partial charge in [-0.2, -0.15) is 0 Å². The van der Waals surface area contributed by atoms with E-state index in [1.54, 1.807) is 0 Å². The molecule has 2 aromatic carbocycles. The topological polar surface area (TPSA) is 61.4 Å². The summed E-state index contributed by atoms with van der Waals surface area (Å²) in [6.45, 7) is 12.3. The average molecular weight is 382 g/mol. The van der Waals surface area contributed by atoms with Crippen molar-refractivity contribution in [2.24, 2.45) is 0 Å². The Hall–Kier alpha value is -2.82. The molecular weight excluding hydrogens is 350 g/mol. The number of carbonyl (C=O) groups excluding carboxylic acids is 2. The number of carbonyl (C=O) groups is 2. The van der Waals surface area contributed by atoms with Gasteiger partial charge < -0.3 is 15.5 Å². The maximum Gasteiger partial charge on any atom is 0.233 e. The number of rotatable bonds is 7. The molecule has 0 fully saturated rings. The van der Waals surface area contributed by atoms with Crippen LogP contribution >= 0.6 is 0 Å². The molecule has 0 aromatic heterocycles. The Balaban J connectivity index is 1.96. The van der Waals surface area contributed by atoms with Crippen LogP contribution in [0.1, 0.15) is 46.6 Å². The van der Waals surface area contributed by atoms with Gasteiger partial charge in [0.15, 0.2) is 0 Å². The average Bonchev–Trinajstić information content (AvgIpc) is 2.63. The first kappa shape index (κ1) is 21.5. The summed E-state index contributed by atoms with van der Waals surface area (Å²) in [5, 5.41) is 5.65. The Morgan fingerprint density at radius 1 is 0.857 bits per heavy atom. The Labute approximate surface area is 168 Å². The Morgan fingerprint density at radius 2 is 1.43 bits per heavy atom. The van der Waals surface area contributed by atoms with E-state index in [0.29, 0.717) is 5.69 Å². The molecule has 0 radical (unpaired) electrons. The molecule has 28 heavy (non-hydrogen) atoms. The fourth-order valence-corrected chi connectivity index (χ4v) is 3.14. The van der Waals surface area contributed by atoms with Crippen LogP contribution in [0.15, 0.2) is 48.5 Å². The number of hydrogen-bond donors (Lipinski definition) is 2. The van der Waals surface area contributed by atoms with Gasteiger partial charge in [-0.25, -0.2) is 0 Å². The van der Waals surface area contributed by atoms with Crippen LogP contribution in [0.2, 0.25) is 0 Å². The second-order valence-corrected chi connectivity index (χ2v) is 7.79. The summed E-state index contributed by atoms with van der Waals surface area (Å²) in [6.07, 6.45) is -0.226. The summed E-state index contributed by atoms with van der Waals surface area (Å²) < 4.78 is 0. The van der Waals surface area contributed by atoms with E-state index >= 15 is 0 Å². The van der Waals surface area contributed by atoms with E-state index in [4.69, 9.17) is 0 Å². The van der Waals surface area contributed by atoms with Crippen LogP contribution in [-0.2, 0) is 15.0 Å². The smallest absolute Gasteiger partial charge is 0.233 e. The summed E-state index contributed by atoms with van der Waals surface area (Å²) >= 11 is 0. The Kier molecular flexibility index (Phi) is 7.21. The molecule has 2 aromatic rings. The summed E-state index contributed by atoms with van der Waals surface area (Å²) in [5.74, 6) is -0.657. The molecule has 150 valence electrons. The highest BCUT2D eigenvalue weighted by Gasteiger charge is 2.19. The fraction of sp³-hybridized carbons (Fsp3) is 0.391. The summed E-state index contributed by atoms with van der Waals surface area (Å²) in [7, 11) is 0. The number of hydrogen-bond acceptors (Lipinski definition) is 3. The van der Waals surface area contributed by atoms with Gasteiger partial charge in [-0.1, -0.05) is 39.0 Å². The van der Waals surface area contributed by atoms with Gasteiger partial charge in [0.05, 0.1) is 0 Å². The third kappa shape index (κ3) is 5.84.